The molecule has 1 N–H and O–H groups in total. The minimum Gasteiger partial charge on any atom is -0.462 e. The van der Waals surface area contributed by atoms with Crippen LogP contribution in [0, 0.1) is 0 Å². The van der Waals surface area contributed by atoms with E-state index >= 15 is 0 Å². The number of hydrogen-bond acceptors (Lipinski definition) is 3. The summed E-state index contributed by atoms with van der Waals surface area (Å²) < 4.78 is 42.5. The number of nitrogens with zero attached hydrogens (tertiary/aromatic N) is 2. The Balaban J connectivity index is 2.83. The number of aryl methyl sites for hydroxylation is 1. The summed E-state index contributed by atoms with van der Waals surface area (Å²) in [5, 5.41) is 5.85. The van der Waals surface area contributed by atoms with E-state index < -0.39 is 12.3 Å². The molecule has 0 bridgehead atoms. The molecule has 0 fully saturated rings. The molecule has 0 aliphatic heterocycles. The average Bonchev–Trinajstić information content (AvgIpc) is 2.45. The largest absolute Gasteiger partial charge is 0.462 e. The van der Waals surface area contributed by atoms with Crippen molar-refractivity contribution in [3.8, 4) is 5.88 Å². The second-order valence-electron chi connectivity index (χ2n) is 3.09. The van der Waals surface area contributed by atoms with Crippen LogP contribution in [0.25, 0.3) is 0 Å². The zero-order valence-electron chi connectivity index (χ0n) is 8.58. The van der Waals surface area contributed by atoms with E-state index in [1.165, 1.54) is 17.9 Å². The van der Waals surface area contributed by atoms with E-state index in [2.05, 4.69) is 15.2 Å². The van der Waals surface area contributed by atoms with Gasteiger partial charge < -0.3 is 10.1 Å². The van der Waals surface area contributed by atoms with E-state index in [-0.39, 0.29) is 11.6 Å². The number of anilines is 1. The molecule has 5 nitrogen and oxygen atoms in total. The molecule has 1 unspecified atom stereocenters. The first kappa shape index (κ1) is 12.3. The summed E-state index contributed by atoms with van der Waals surface area (Å²) in [5.74, 6) is -0.264. The molecule has 0 aliphatic rings. The summed E-state index contributed by atoms with van der Waals surface area (Å²) in [6.07, 6.45) is -4.79. The van der Waals surface area contributed by atoms with Crippen molar-refractivity contribution in [2.75, 3.05) is 5.32 Å². The maximum Gasteiger partial charge on any atom is 0.425 e. The second-order valence-corrected chi connectivity index (χ2v) is 3.09. The summed E-state index contributed by atoms with van der Waals surface area (Å²) in [4.78, 5) is 10.2. The Kier molecular flexibility index (Phi) is 3.41. The van der Waals surface area contributed by atoms with E-state index in [1.54, 1.807) is 0 Å². The molecule has 0 aromatic carbocycles. The maximum absolute atomic E-state index is 12.2. The Hall–Kier alpha value is -1.73. The smallest absolute Gasteiger partial charge is 0.425 e. The van der Waals surface area contributed by atoms with Crippen molar-refractivity contribution in [1.82, 2.24) is 9.78 Å². The molecule has 0 radical (unpaired) electrons. The highest BCUT2D eigenvalue weighted by Gasteiger charge is 2.38. The summed E-state index contributed by atoms with van der Waals surface area (Å²) in [7, 11) is 1.50. The predicted octanol–water partition coefficient (Wildman–Crippen LogP) is 1.32. The quantitative estimate of drug-likeness (QED) is 0.803. The third-order valence-electron chi connectivity index (χ3n) is 1.76. The third-order valence-corrected chi connectivity index (χ3v) is 1.76. The fourth-order valence-electron chi connectivity index (χ4n) is 0.952. The first-order chi connectivity index (χ1) is 7.34. The van der Waals surface area contributed by atoms with E-state index in [1.807, 2.05) is 0 Å². The number of aromatic nitrogens is 2. The standard InChI is InChI=1S/C8H10F3N3O2/c1-5(8(9,10)11)16-7-6(12-4-15)3-14(2)13-7/h3-5H,1-2H3,(H,12,15). The molecule has 8 heteroatoms. The fraction of sp³-hybridized carbons (Fsp3) is 0.500. The average molecular weight is 237 g/mol. The number of nitrogens with one attached hydrogen (secondary N) is 1. The molecule has 1 atom stereocenters. The van der Waals surface area contributed by atoms with Crippen molar-refractivity contribution in [1.29, 1.82) is 0 Å². The van der Waals surface area contributed by atoms with E-state index in [4.69, 9.17) is 0 Å². The van der Waals surface area contributed by atoms with Gasteiger partial charge in [-0.05, 0) is 6.92 Å². The highest BCUT2D eigenvalue weighted by Crippen LogP contribution is 2.28. The first-order valence-corrected chi connectivity index (χ1v) is 4.31. The van der Waals surface area contributed by atoms with Crippen LogP contribution in [0.3, 0.4) is 0 Å². The normalized spacial score (nSPS) is 13.3. The van der Waals surface area contributed by atoms with E-state index in [0.29, 0.717) is 6.41 Å². The lowest BCUT2D eigenvalue weighted by Gasteiger charge is -2.16. The third kappa shape index (κ3) is 2.88. The van der Waals surface area contributed by atoms with E-state index in [9.17, 15) is 18.0 Å². The molecule has 1 aromatic heterocycles. The van der Waals surface area contributed by atoms with Crippen molar-refractivity contribution in [2.24, 2.45) is 7.05 Å². The summed E-state index contributed by atoms with van der Waals surface area (Å²) in [5.41, 5.74) is 0.0913. The number of carbonyl (C=O) groups excluding carboxylic acids is 1. The van der Waals surface area contributed by atoms with Crippen LogP contribution in [0.5, 0.6) is 5.88 Å². The molecule has 16 heavy (non-hydrogen) atoms. The highest BCUT2D eigenvalue weighted by atomic mass is 19.4. The zero-order chi connectivity index (χ0) is 12.3. The molecular formula is C8H10F3N3O2. The number of rotatable bonds is 4. The summed E-state index contributed by atoms with van der Waals surface area (Å²) in [6, 6.07) is 0. The van der Waals surface area contributed by atoms with Gasteiger partial charge in [-0.25, -0.2) is 0 Å². The van der Waals surface area contributed by atoms with Gasteiger partial charge in [-0.3, -0.25) is 9.48 Å². The molecule has 90 valence electrons. The monoisotopic (exact) mass is 237 g/mol. The molecule has 1 heterocycles. The van der Waals surface area contributed by atoms with Crippen molar-refractivity contribution in [3.63, 3.8) is 0 Å². The number of alkyl halides is 3. The van der Waals surface area contributed by atoms with Crippen LogP contribution < -0.4 is 10.1 Å². The van der Waals surface area contributed by atoms with Crippen LogP contribution >= 0.6 is 0 Å². The topological polar surface area (TPSA) is 56.1 Å². The van der Waals surface area contributed by atoms with Gasteiger partial charge in [-0.2, -0.15) is 13.2 Å². The van der Waals surface area contributed by atoms with Gasteiger partial charge in [0.15, 0.2) is 6.10 Å². The van der Waals surface area contributed by atoms with Crippen LogP contribution in [0.15, 0.2) is 6.20 Å². The van der Waals surface area contributed by atoms with Crippen LogP contribution in [0.2, 0.25) is 0 Å². The van der Waals surface area contributed by atoms with Gasteiger partial charge in [0.05, 0.1) is 6.20 Å². The van der Waals surface area contributed by atoms with Gasteiger partial charge in [-0.1, -0.05) is 0 Å². The Bertz CT molecular complexity index is 375. The lowest BCUT2D eigenvalue weighted by atomic mass is 10.4. The molecule has 0 saturated heterocycles. The lowest BCUT2D eigenvalue weighted by molar-refractivity contribution is -0.189. The highest BCUT2D eigenvalue weighted by molar-refractivity contribution is 5.73. The molecule has 1 rings (SSSR count). The number of amides is 1. The number of hydrogen-bond donors (Lipinski definition) is 1. The minimum atomic E-state index is -4.48. The van der Waals surface area contributed by atoms with Crippen LogP contribution in [0.4, 0.5) is 18.9 Å². The van der Waals surface area contributed by atoms with E-state index in [0.717, 1.165) is 6.92 Å². The Morgan fingerprint density at radius 3 is 2.75 bits per heavy atom. The number of ether oxygens (including phenoxy) is 1. The Morgan fingerprint density at radius 2 is 2.25 bits per heavy atom. The molecule has 1 amide bonds. The summed E-state index contributed by atoms with van der Waals surface area (Å²) in [6.45, 7) is 0.860. The fourth-order valence-corrected chi connectivity index (χ4v) is 0.952. The summed E-state index contributed by atoms with van der Waals surface area (Å²) >= 11 is 0. The number of halogens is 3. The van der Waals surface area contributed by atoms with Gasteiger partial charge in [0, 0.05) is 7.05 Å². The van der Waals surface area contributed by atoms with Gasteiger partial charge >= 0.3 is 6.18 Å². The minimum absolute atomic E-state index is 0.0913. The first-order valence-electron chi connectivity index (χ1n) is 4.31. The second kappa shape index (κ2) is 4.42. The Morgan fingerprint density at radius 1 is 1.62 bits per heavy atom. The molecule has 0 spiro atoms. The van der Waals surface area contributed by atoms with Crippen LogP contribution in [-0.4, -0.2) is 28.5 Å². The molecular weight excluding hydrogens is 227 g/mol. The molecule has 0 aliphatic carbocycles. The van der Waals surface area contributed by atoms with Crippen molar-refractivity contribution >= 4 is 12.1 Å². The lowest BCUT2D eigenvalue weighted by Crippen LogP contribution is -2.31. The SMILES string of the molecule is CC(Oc1nn(C)cc1NC=O)C(F)(F)F. The van der Waals surface area contributed by atoms with Gasteiger partial charge in [0.2, 0.25) is 6.41 Å². The number of carbonyl (C=O) groups is 1. The van der Waals surface area contributed by atoms with Crippen molar-refractivity contribution < 1.29 is 22.7 Å². The van der Waals surface area contributed by atoms with Gasteiger partial charge in [0.25, 0.3) is 5.88 Å². The van der Waals surface area contributed by atoms with Crippen LogP contribution in [0.1, 0.15) is 6.92 Å². The molecule has 0 saturated carbocycles. The predicted molar refractivity (Wildman–Crippen MR) is 49.0 cm³/mol. The van der Waals surface area contributed by atoms with Crippen molar-refractivity contribution in [3.05, 3.63) is 6.20 Å². The van der Waals surface area contributed by atoms with Gasteiger partial charge in [-0.15, -0.1) is 5.10 Å². The zero-order valence-corrected chi connectivity index (χ0v) is 8.58. The Labute approximate surface area is 89.2 Å². The van der Waals surface area contributed by atoms with Crippen LogP contribution in [-0.2, 0) is 11.8 Å². The molecule has 1 aromatic rings. The van der Waals surface area contributed by atoms with Crippen molar-refractivity contribution in [2.45, 2.75) is 19.2 Å². The van der Waals surface area contributed by atoms with Gasteiger partial charge in [0.1, 0.15) is 5.69 Å². The maximum atomic E-state index is 12.2.